The van der Waals surface area contributed by atoms with E-state index in [1.54, 1.807) is 6.07 Å². The highest BCUT2D eigenvalue weighted by Crippen LogP contribution is 2.21. The van der Waals surface area contributed by atoms with Gasteiger partial charge in [-0.3, -0.25) is 9.80 Å². The number of hydrogen-bond acceptors (Lipinski definition) is 4. The van der Waals surface area contributed by atoms with E-state index >= 15 is 0 Å². The molecule has 0 radical (unpaired) electrons. The minimum atomic E-state index is 0.515. The van der Waals surface area contributed by atoms with Crippen molar-refractivity contribution in [1.29, 1.82) is 5.26 Å². The molecule has 0 saturated carbocycles. The van der Waals surface area contributed by atoms with Crippen molar-refractivity contribution < 1.29 is 0 Å². The van der Waals surface area contributed by atoms with E-state index in [0.717, 1.165) is 18.8 Å². The standard InChI is InChI=1S/C14H17ClN4/c15-14-7-12(2-1-11(14)8-16)17-9-13-10-18-3-5-19(13)6-4-18/h1-2,7,13,17H,3-6,9-10H2. The number of halogens is 1. The number of nitrogens with zero attached hydrogens (tertiary/aromatic N) is 3. The van der Waals surface area contributed by atoms with E-state index < -0.39 is 0 Å². The van der Waals surface area contributed by atoms with Crippen LogP contribution in [0.3, 0.4) is 0 Å². The highest BCUT2D eigenvalue weighted by atomic mass is 35.5. The Hall–Kier alpha value is -1.28. The summed E-state index contributed by atoms with van der Waals surface area (Å²) in [6.45, 7) is 6.86. The lowest BCUT2D eigenvalue weighted by Crippen LogP contribution is -2.62. The zero-order chi connectivity index (χ0) is 13.2. The fourth-order valence-electron chi connectivity index (χ4n) is 2.87. The quantitative estimate of drug-likeness (QED) is 0.911. The Morgan fingerprint density at radius 1 is 1.32 bits per heavy atom. The van der Waals surface area contributed by atoms with Crippen molar-refractivity contribution in [3.05, 3.63) is 28.8 Å². The molecule has 0 amide bonds. The van der Waals surface area contributed by atoms with Crippen molar-refractivity contribution in [2.45, 2.75) is 6.04 Å². The Morgan fingerprint density at radius 2 is 2.11 bits per heavy atom. The molecule has 1 unspecified atom stereocenters. The first-order chi connectivity index (χ1) is 9.26. The molecule has 3 saturated heterocycles. The summed E-state index contributed by atoms with van der Waals surface area (Å²) in [4.78, 5) is 5.08. The molecular formula is C14H17ClN4. The van der Waals surface area contributed by atoms with Gasteiger partial charge in [-0.1, -0.05) is 11.6 Å². The van der Waals surface area contributed by atoms with Gasteiger partial charge in [0.2, 0.25) is 0 Å². The van der Waals surface area contributed by atoms with Gasteiger partial charge in [0.25, 0.3) is 0 Å². The van der Waals surface area contributed by atoms with Gasteiger partial charge in [0.1, 0.15) is 6.07 Å². The summed E-state index contributed by atoms with van der Waals surface area (Å²) in [7, 11) is 0. The lowest BCUT2D eigenvalue weighted by Gasteiger charge is -2.47. The molecule has 3 aliphatic rings. The maximum Gasteiger partial charge on any atom is 0.101 e. The molecule has 0 spiro atoms. The van der Waals surface area contributed by atoms with Crippen molar-refractivity contribution in [1.82, 2.24) is 9.80 Å². The number of nitriles is 1. The van der Waals surface area contributed by atoms with Crippen LogP contribution in [0.5, 0.6) is 0 Å². The fraction of sp³-hybridized carbons (Fsp3) is 0.500. The van der Waals surface area contributed by atoms with Gasteiger partial charge >= 0.3 is 0 Å². The second-order valence-corrected chi connectivity index (χ2v) is 5.58. The Bertz CT molecular complexity index is 503. The summed E-state index contributed by atoms with van der Waals surface area (Å²) in [5.74, 6) is 0. The first kappa shape index (κ1) is 12.7. The van der Waals surface area contributed by atoms with Crippen LogP contribution in [-0.2, 0) is 0 Å². The van der Waals surface area contributed by atoms with Crippen LogP contribution in [0.15, 0.2) is 18.2 Å². The van der Waals surface area contributed by atoms with Crippen LogP contribution in [0.25, 0.3) is 0 Å². The summed E-state index contributed by atoms with van der Waals surface area (Å²) < 4.78 is 0. The average Bonchev–Trinajstić information content (AvgIpc) is 2.46. The summed E-state index contributed by atoms with van der Waals surface area (Å²) in [6.07, 6.45) is 0. The van der Waals surface area contributed by atoms with Gasteiger partial charge in [-0.25, -0.2) is 0 Å². The van der Waals surface area contributed by atoms with Crippen molar-refractivity contribution in [2.75, 3.05) is 44.6 Å². The van der Waals surface area contributed by atoms with Gasteiger partial charge in [0, 0.05) is 51.0 Å². The SMILES string of the molecule is N#Cc1ccc(NCC2CN3CCN2CC3)cc1Cl. The van der Waals surface area contributed by atoms with Gasteiger partial charge < -0.3 is 5.32 Å². The van der Waals surface area contributed by atoms with Crippen molar-refractivity contribution in [3.8, 4) is 6.07 Å². The molecule has 100 valence electrons. The Morgan fingerprint density at radius 3 is 2.68 bits per heavy atom. The van der Waals surface area contributed by atoms with E-state index in [1.165, 1.54) is 26.2 Å². The van der Waals surface area contributed by atoms with Crippen LogP contribution in [0.1, 0.15) is 5.56 Å². The molecule has 2 bridgehead atoms. The van der Waals surface area contributed by atoms with Crippen LogP contribution in [0.4, 0.5) is 5.69 Å². The lowest BCUT2D eigenvalue weighted by atomic mass is 10.1. The smallest absolute Gasteiger partial charge is 0.101 e. The zero-order valence-electron chi connectivity index (χ0n) is 10.8. The van der Waals surface area contributed by atoms with Crippen LogP contribution in [0, 0.1) is 11.3 Å². The zero-order valence-corrected chi connectivity index (χ0v) is 11.5. The van der Waals surface area contributed by atoms with Crippen LogP contribution < -0.4 is 5.32 Å². The van der Waals surface area contributed by atoms with Gasteiger partial charge in [-0.15, -0.1) is 0 Å². The van der Waals surface area contributed by atoms with Crippen molar-refractivity contribution in [3.63, 3.8) is 0 Å². The van der Waals surface area contributed by atoms with Crippen LogP contribution >= 0.6 is 11.6 Å². The molecule has 19 heavy (non-hydrogen) atoms. The molecule has 4 nitrogen and oxygen atoms in total. The fourth-order valence-corrected chi connectivity index (χ4v) is 3.09. The molecule has 3 aliphatic heterocycles. The normalized spacial score (nSPS) is 28.9. The molecule has 3 heterocycles. The number of anilines is 1. The summed E-state index contributed by atoms with van der Waals surface area (Å²) in [5, 5.41) is 12.8. The monoisotopic (exact) mass is 276 g/mol. The van der Waals surface area contributed by atoms with Crippen molar-refractivity contribution in [2.24, 2.45) is 0 Å². The third kappa shape index (κ3) is 2.69. The Balaban J connectivity index is 1.60. The van der Waals surface area contributed by atoms with Crippen LogP contribution in [-0.4, -0.2) is 55.1 Å². The van der Waals surface area contributed by atoms with E-state index in [2.05, 4.69) is 21.2 Å². The summed E-state index contributed by atoms with van der Waals surface area (Å²) in [5.41, 5.74) is 1.51. The van der Waals surface area contributed by atoms with E-state index in [4.69, 9.17) is 16.9 Å². The number of piperazine rings is 3. The van der Waals surface area contributed by atoms with Gasteiger partial charge in [0.05, 0.1) is 10.6 Å². The molecule has 1 aromatic rings. The number of hydrogen-bond donors (Lipinski definition) is 1. The van der Waals surface area contributed by atoms with Crippen molar-refractivity contribution >= 4 is 17.3 Å². The largest absolute Gasteiger partial charge is 0.383 e. The highest BCUT2D eigenvalue weighted by molar-refractivity contribution is 6.32. The third-order valence-electron chi connectivity index (χ3n) is 4.02. The first-order valence-electron chi connectivity index (χ1n) is 6.66. The average molecular weight is 277 g/mol. The number of nitrogens with one attached hydrogen (secondary N) is 1. The van der Waals surface area contributed by atoms with E-state index in [1.807, 2.05) is 12.1 Å². The third-order valence-corrected chi connectivity index (χ3v) is 4.34. The molecule has 1 N–H and O–H groups in total. The molecule has 0 aromatic heterocycles. The molecule has 5 heteroatoms. The topological polar surface area (TPSA) is 42.3 Å². The molecular weight excluding hydrogens is 260 g/mol. The number of rotatable bonds is 3. The summed E-state index contributed by atoms with van der Waals surface area (Å²) in [6, 6.07) is 8.17. The predicted molar refractivity (Wildman–Crippen MR) is 76.5 cm³/mol. The van der Waals surface area contributed by atoms with Crippen LogP contribution in [0.2, 0.25) is 5.02 Å². The Labute approximate surface area is 118 Å². The predicted octanol–water partition coefficient (Wildman–Crippen LogP) is 1.62. The molecule has 0 aliphatic carbocycles. The highest BCUT2D eigenvalue weighted by Gasteiger charge is 2.31. The van der Waals surface area contributed by atoms with Gasteiger partial charge in [0.15, 0.2) is 0 Å². The summed E-state index contributed by atoms with van der Waals surface area (Å²) >= 11 is 6.03. The number of benzene rings is 1. The molecule has 4 rings (SSSR count). The van der Waals surface area contributed by atoms with E-state index in [9.17, 15) is 0 Å². The van der Waals surface area contributed by atoms with E-state index in [-0.39, 0.29) is 0 Å². The maximum atomic E-state index is 8.85. The second-order valence-electron chi connectivity index (χ2n) is 5.18. The minimum absolute atomic E-state index is 0.515. The first-order valence-corrected chi connectivity index (χ1v) is 7.04. The molecule has 1 aromatic carbocycles. The molecule has 3 fully saturated rings. The van der Waals surface area contributed by atoms with Gasteiger partial charge in [-0.2, -0.15) is 5.26 Å². The lowest BCUT2D eigenvalue weighted by molar-refractivity contribution is 0.0189. The van der Waals surface area contributed by atoms with Gasteiger partial charge in [-0.05, 0) is 18.2 Å². The Kier molecular flexibility index (Phi) is 3.61. The maximum absolute atomic E-state index is 8.85. The van der Waals surface area contributed by atoms with E-state index in [0.29, 0.717) is 16.6 Å². The molecule has 1 atom stereocenters. The minimum Gasteiger partial charge on any atom is -0.383 e. The number of fused-ring (bicyclic) bond motifs is 3. The second kappa shape index (κ2) is 5.38.